The molecule has 0 aliphatic heterocycles. The Morgan fingerprint density at radius 3 is 2.28 bits per heavy atom. The number of fused-ring (bicyclic) bond motifs is 3. The molecule has 0 saturated carbocycles. The lowest BCUT2D eigenvalue weighted by atomic mass is 10.1. The van der Waals surface area contributed by atoms with Gasteiger partial charge in [0, 0.05) is 10.8 Å². The van der Waals surface area contributed by atoms with E-state index in [0.29, 0.717) is 0 Å². The first-order valence-electron chi connectivity index (χ1n) is 5.98. The highest BCUT2D eigenvalue weighted by atomic mass is 16.3. The van der Waals surface area contributed by atoms with Crippen LogP contribution in [0.4, 0.5) is 0 Å². The van der Waals surface area contributed by atoms with Gasteiger partial charge in [-0.05, 0) is 36.6 Å². The van der Waals surface area contributed by atoms with Crippen LogP contribution in [0.3, 0.4) is 0 Å². The lowest BCUT2D eigenvalue weighted by Gasteiger charge is -1.94. The van der Waals surface area contributed by atoms with Gasteiger partial charge in [-0.15, -0.1) is 0 Å². The van der Waals surface area contributed by atoms with E-state index in [4.69, 9.17) is 9.21 Å². The first-order chi connectivity index (χ1) is 8.78. The summed E-state index contributed by atoms with van der Waals surface area (Å²) < 4.78 is 5.88. The first kappa shape index (κ1) is 12.4. The van der Waals surface area contributed by atoms with E-state index in [1.54, 1.807) is 0 Å². The highest BCUT2D eigenvalue weighted by Gasteiger charge is 2.06. The molecule has 0 atom stereocenters. The second-order valence-corrected chi connectivity index (χ2v) is 4.29. The van der Waals surface area contributed by atoms with Gasteiger partial charge in [-0.2, -0.15) is 0 Å². The molecule has 1 aromatic heterocycles. The van der Waals surface area contributed by atoms with Gasteiger partial charge in [0.2, 0.25) is 0 Å². The van der Waals surface area contributed by atoms with Crippen molar-refractivity contribution >= 4 is 28.7 Å². The molecule has 0 fully saturated rings. The Bertz CT molecular complexity index is 680. The zero-order valence-corrected chi connectivity index (χ0v) is 10.7. The van der Waals surface area contributed by atoms with Crippen LogP contribution in [-0.2, 0) is 11.2 Å². The van der Waals surface area contributed by atoms with E-state index < -0.39 is 0 Å². The van der Waals surface area contributed by atoms with Crippen LogP contribution in [0.1, 0.15) is 18.1 Å². The summed E-state index contributed by atoms with van der Waals surface area (Å²) >= 11 is 0. The normalized spacial score (nSPS) is 10.3. The van der Waals surface area contributed by atoms with Gasteiger partial charge in [-0.3, -0.25) is 0 Å². The number of carbonyl (C=O) groups excluding carboxylic acids is 1. The van der Waals surface area contributed by atoms with Crippen molar-refractivity contribution in [2.45, 2.75) is 20.3 Å². The van der Waals surface area contributed by atoms with Crippen molar-refractivity contribution in [3.8, 4) is 0 Å². The molecule has 2 aromatic carbocycles. The van der Waals surface area contributed by atoms with Crippen LogP contribution in [0.25, 0.3) is 21.9 Å². The van der Waals surface area contributed by atoms with E-state index in [-0.39, 0.29) is 0 Å². The molecule has 0 bridgehead atoms. The van der Waals surface area contributed by atoms with Crippen LogP contribution in [0.2, 0.25) is 0 Å². The van der Waals surface area contributed by atoms with Crippen molar-refractivity contribution in [1.29, 1.82) is 0 Å². The number of hydrogen-bond acceptors (Lipinski definition) is 2. The second-order valence-electron chi connectivity index (χ2n) is 4.29. The molecule has 0 radical (unpaired) electrons. The zero-order chi connectivity index (χ0) is 13.1. The highest BCUT2D eigenvalue weighted by molar-refractivity contribution is 6.05. The number of furan rings is 1. The molecule has 3 aromatic rings. The zero-order valence-electron chi connectivity index (χ0n) is 10.7. The van der Waals surface area contributed by atoms with Crippen molar-refractivity contribution < 1.29 is 9.21 Å². The average Bonchev–Trinajstić information content (AvgIpc) is 2.77. The third kappa shape index (κ3) is 2.02. The van der Waals surface area contributed by atoms with Gasteiger partial charge in [0.1, 0.15) is 18.0 Å². The van der Waals surface area contributed by atoms with Gasteiger partial charge in [0.05, 0.1) is 0 Å². The fourth-order valence-electron chi connectivity index (χ4n) is 2.15. The molecule has 0 amide bonds. The number of rotatable bonds is 1. The van der Waals surface area contributed by atoms with E-state index >= 15 is 0 Å². The molecular weight excluding hydrogens is 224 g/mol. The number of aryl methyl sites for hydroxylation is 2. The van der Waals surface area contributed by atoms with Crippen LogP contribution >= 0.6 is 0 Å². The van der Waals surface area contributed by atoms with Crippen LogP contribution in [0.15, 0.2) is 40.8 Å². The summed E-state index contributed by atoms with van der Waals surface area (Å²) in [5, 5.41) is 2.43. The highest BCUT2D eigenvalue weighted by Crippen LogP contribution is 2.29. The van der Waals surface area contributed by atoms with Gasteiger partial charge in [-0.25, -0.2) is 0 Å². The molecule has 0 spiro atoms. The van der Waals surface area contributed by atoms with Crippen LogP contribution in [0.5, 0.6) is 0 Å². The van der Waals surface area contributed by atoms with E-state index in [0.717, 1.165) is 17.6 Å². The number of benzene rings is 2. The molecule has 3 rings (SSSR count). The monoisotopic (exact) mass is 240 g/mol. The van der Waals surface area contributed by atoms with Crippen LogP contribution in [0, 0.1) is 6.92 Å². The Morgan fingerprint density at radius 1 is 1.00 bits per heavy atom. The molecule has 0 N–H and O–H groups in total. The predicted octanol–water partition coefficient (Wildman–Crippen LogP) is 4.27. The molecule has 92 valence electrons. The largest absolute Gasteiger partial charge is 0.456 e. The summed E-state index contributed by atoms with van der Waals surface area (Å²) in [4.78, 5) is 8.00. The van der Waals surface area contributed by atoms with Gasteiger partial charge in [0.15, 0.2) is 0 Å². The summed E-state index contributed by atoms with van der Waals surface area (Å²) in [5.74, 6) is 0. The van der Waals surface area contributed by atoms with Crippen LogP contribution < -0.4 is 0 Å². The van der Waals surface area contributed by atoms with Crippen molar-refractivity contribution in [2.24, 2.45) is 0 Å². The fraction of sp³-hybridized carbons (Fsp3) is 0.188. The third-order valence-electron chi connectivity index (χ3n) is 3.10. The Hall–Kier alpha value is -2.09. The Balaban J connectivity index is 0.000000574. The summed E-state index contributed by atoms with van der Waals surface area (Å²) in [6.45, 7) is 6.25. The number of carbonyl (C=O) groups is 1. The van der Waals surface area contributed by atoms with Gasteiger partial charge in [0.25, 0.3) is 0 Å². The summed E-state index contributed by atoms with van der Waals surface area (Å²) in [6, 6.07) is 12.9. The average molecular weight is 240 g/mol. The molecule has 2 heteroatoms. The minimum atomic E-state index is 0.989. The molecule has 18 heavy (non-hydrogen) atoms. The van der Waals surface area contributed by atoms with E-state index in [1.807, 2.05) is 6.79 Å². The van der Waals surface area contributed by atoms with E-state index in [9.17, 15) is 0 Å². The summed E-state index contributed by atoms with van der Waals surface area (Å²) in [7, 11) is 0. The van der Waals surface area contributed by atoms with Gasteiger partial charge >= 0.3 is 0 Å². The minimum absolute atomic E-state index is 0.989. The van der Waals surface area contributed by atoms with Gasteiger partial charge in [-0.1, -0.05) is 31.2 Å². The summed E-state index contributed by atoms with van der Waals surface area (Å²) in [5.41, 5.74) is 4.55. The third-order valence-corrected chi connectivity index (χ3v) is 3.10. The fourth-order valence-corrected chi connectivity index (χ4v) is 2.15. The molecule has 0 aliphatic carbocycles. The smallest absolute Gasteiger partial charge is 0.135 e. The SMILES string of the molecule is C=O.CCc1ccc2c(c1)oc1cc(C)ccc12. The van der Waals surface area contributed by atoms with Crippen molar-refractivity contribution in [3.63, 3.8) is 0 Å². The molecule has 2 nitrogen and oxygen atoms in total. The maximum Gasteiger partial charge on any atom is 0.135 e. The van der Waals surface area contributed by atoms with Gasteiger partial charge < -0.3 is 9.21 Å². The predicted molar refractivity (Wildman–Crippen MR) is 75.0 cm³/mol. The Morgan fingerprint density at radius 2 is 1.61 bits per heavy atom. The quantitative estimate of drug-likeness (QED) is 0.635. The standard InChI is InChI=1S/C15H14O.CH2O/c1-3-11-5-7-13-12-6-4-10(2)8-14(12)16-15(13)9-11;1-2/h4-9H,3H2,1-2H3;1H2. The maximum atomic E-state index is 8.00. The lowest BCUT2D eigenvalue weighted by molar-refractivity contribution is -0.0979. The minimum Gasteiger partial charge on any atom is -0.456 e. The van der Waals surface area contributed by atoms with Crippen LogP contribution in [-0.4, -0.2) is 6.79 Å². The topological polar surface area (TPSA) is 30.2 Å². The summed E-state index contributed by atoms with van der Waals surface area (Å²) in [6.07, 6.45) is 1.05. The van der Waals surface area contributed by atoms with Crippen molar-refractivity contribution in [3.05, 3.63) is 47.5 Å². The maximum absolute atomic E-state index is 8.00. The molecule has 0 saturated heterocycles. The van der Waals surface area contributed by atoms with Crippen molar-refractivity contribution in [2.75, 3.05) is 0 Å². The lowest BCUT2D eigenvalue weighted by Crippen LogP contribution is -1.77. The Labute approximate surface area is 106 Å². The molecule has 0 aliphatic rings. The number of hydrogen-bond donors (Lipinski definition) is 0. The van der Waals surface area contributed by atoms with E-state index in [2.05, 4.69) is 50.2 Å². The molecule has 1 heterocycles. The van der Waals surface area contributed by atoms with E-state index in [1.165, 1.54) is 21.9 Å². The van der Waals surface area contributed by atoms with Crippen molar-refractivity contribution in [1.82, 2.24) is 0 Å². The second kappa shape index (κ2) is 5.05. The first-order valence-corrected chi connectivity index (χ1v) is 5.98. The Kier molecular flexibility index (Phi) is 3.47. The molecule has 0 unspecified atom stereocenters. The molecular formula is C16H16O2.